The van der Waals surface area contributed by atoms with Crippen LogP contribution in [0.4, 0.5) is 17.1 Å². The molecule has 0 radical (unpaired) electrons. The number of nitrogens with zero attached hydrogens (tertiary/aromatic N) is 1. The van der Waals surface area contributed by atoms with Gasteiger partial charge in [-0.25, -0.2) is 0 Å². The first-order valence-corrected chi connectivity index (χ1v) is 35.6. The molecule has 0 amide bonds. The zero-order valence-corrected chi connectivity index (χ0v) is 60.5. The van der Waals surface area contributed by atoms with Gasteiger partial charge in [0.2, 0.25) is 0 Å². The highest BCUT2D eigenvalue weighted by Crippen LogP contribution is 2.60. The summed E-state index contributed by atoms with van der Waals surface area (Å²) in [6.07, 6.45) is 9.03. The average Bonchev–Trinajstić information content (AvgIpc) is 1.59. The Labute approximate surface area is 592 Å². The topological polar surface area (TPSA) is 3.24 Å². The normalized spacial score (nSPS) is 13.0. The van der Waals surface area contributed by atoms with Gasteiger partial charge in [0, 0.05) is 32.4 Å². The fraction of sp³-hybridized carbons (Fsp3) is 0.155. The maximum Gasteiger partial charge on any atom is 0.0465 e. The quantitative estimate of drug-likeness (QED) is 0.123. The van der Waals surface area contributed by atoms with Gasteiger partial charge in [0.15, 0.2) is 0 Å². The molecule has 2 heteroatoms. The van der Waals surface area contributed by atoms with E-state index in [4.69, 9.17) is 0 Å². The lowest BCUT2D eigenvalue weighted by Gasteiger charge is -2.29. The Morgan fingerprint density at radius 3 is 0.929 bits per heavy atom. The Morgan fingerprint density at radius 2 is 0.566 bits per heavy atom. The number of aryl methyl sites for hydroxylation is 8. The molecule has 16 aromatic carbocycles. The van der Waals surface area contributed by atoms with Crippen LogP contribution in [0.2, 0.25) is 0 Å². The standard InChI is InChI=1S/C47H39N.C31H21Br.C17H20.C2H2/c1-28-19-21-32(25-30(28)3)48(33-22-20-29(2)31(4)26-33)34-23-24-41-42(27-34)47(5,6)46-44(41)40-18-12-11-17-39(40)43-37-15-9-7-13-35(37)36-14-8-10-16-38(36)45(43)46;1-31(2)26-17-18(32)15-16-25(26)28-24-14-8-7-13-23(24)27-21-11-5-3-9-19(21)20-10-4-6-12-22(20)29(27)30(28)31;1-12-5-7-16(9-14(12)3)11-17-8-6-13(2)15(4)10-17;1-2/h7-27H,1-6H3;3-17H,1-2H3;5-10H,11H2,1-4H3;1-2H. The molecule has 0 heterocycles. The second-order valence-electron chi connectivity index (χ2n) is 28.8. The molecule has 482 valence electrons. The second kappa shape index (κ2) is 25.1. The summed E-state index contributed by atoms with van der Waals surface area (Å²) in [4.78, 5) is 2.44. The fourth-order valence-electron chi connectivity index (χ4n) is 16.7. The third-order valence-electron chi connectivity index (χ3n) is 22.2. The molecule has 0 N–H and O–H groups in total. The molecule has 0 spiro atoms. The SMILES string of the molecule is C#C.CC1(C)c2cc(Br)ccc2-c2c1c1c3ccccc3c3ccccc3c1c1ccccc21.Cc1ccc(Cc2ccc(C)c(C)c2)cc1C.Cc1ccc(N(c2ccc(C)c(C)c2)c2ccc3c(c2)C(C)(C)c2c-3c3ccccc3c3c4ccccc4c4ccccc4c23)cc1C. The van der Waals surface area contributed by atoms with E-state index < -0.39 is 0 Å². The lowest BCUT2D eigenvalue weighted by molar-refractivity contribution is 0.666. The Bertz CT molecular complexity index is 5930. The van der Waals surface area contributed by atoms with Gasteiger partial charge in [-0.2, -0.15) is 0 Å². The number of benzene rings is 16. The number of rotatable bonds is 5. The Hall–Kier alpha value is -10.6. The molecule has 16 aromatic rings. The highest BCUT2D eigenvalue weighted by molar-refractivity contribution is 9.10. The molecule has 2 aliphatic rings. The highest BCUT2D eigenvalue weighted by Gasteiger charge is 2.41. The van der Waals surface area contributed by atoms with E-state index in [0.29, 0.717) is 0 Å². The van der Waals surface area contributed by atoms with E-state index in [9.17, 15) is 0 Å². The zero-order valence-electron chi connectivity index (χ0n) is 58.9. The molecule has 0 unspecified atom stereocenters. The summed E-state index contributed by atoms with van der Waals surface area (Å²) in [5, 5.41) is 21.6. The molecule has 0 atom stereocenters. The van der Waals surface area contributed by atoms with Gasteiger partial charge >= 0.3 is 0 Å². The van der Waals surface area contributed by atoms with E-state index in [1.165, 1.54) is 203 Å². The number of halogens is 1. The van der Waals surface area contributed by atoms with Crippen molar-refractivity contribution in [1.82, 2.24) is 0 Å². The summed E-state index contributed by atoms with van der Waals surface area (Å²) in [6.45, 7) is 27.2. The summed E-state index contributed by atoms with van der Waals surface area (Å²) >= 11 is 3.73. The average molecular weight is 1340 g/mol. The first kappa shape index (κ1) is 64.4. The lowest BCUT2D eigenvalue weighted by atomic mass is 9.77. The van der Waals surface area contributed by atoms with Crippen LogP contribution in [0.3, 0.4) is 0 Å². The van der Waals surface area contributed by atoms with Gasteiger partial charge in [0.05, 0.1) is 0 Å². The number of hydrogen-bond acceptors (Lipinski definition) is 1. The summed E-state index contributed by atoms with van der Waals surface area (Å²) in [7, 11) is 0. The molecule has 18 rings (SSSR count). The van der Waals surface area contributed by atoms with Crippen molar-refractivity contribution in [2.24, 2.45) is 0 Å². The third-order valence-corrected chi connectivity index (χ3v) is 22.7. The van der Waals surface area contributed by atoms with E-state index in [1.54, 1.807) is 0 Å². The number of terminal acetylenes is 1. The van der Waals surface area contributed by atoms with Crippen molar-refractivity contribution in [1.29, 1.82) is 0 Å². The predicted octanol–water partition coefficient (Wildman–Crippen LogP) is 27.4. The lowest BCUT2D eigenvalue weighted by Crippen LogP contribution is -2.17. The molecule has 99 heavy (non-hydrogen) atoms. The van der Waals surface area contributed by atoms with Crippen LogP contribution in [-0.4, -0.2) is 0 Å². The van der Waals surface area contributed by atoms with Crippen molar-refractivity contribution in [3.8, 4) is 35.1 Å². The molecule has 2 aliphatic carbocycles. The van der Waals surface area contributed by atoms with E-state index in [1.807, 2.05) is 0 Å². The number of fused-ring (bicyclic) bond motifs is 26. The van der Waals surface area contributed by atoms with Crippen molar-refractivity contribution in [2.45, 2.75) is 100 Å². The number of hydrogen-bond donors (Lipinski definition) is 0. The van der Waals surface area contributed by atoms with Gasteiger partial charge in [0.1, 0.15) is 0 Å². The Kier molecular flexibility index (Phi) is 16.3. The molecule has 0 saturated carbocycles. The summed E-state index contributed by atoms with van der Waals surface area (Å²) in [5.74, 6) is 0. The van der Waals surface area contributed by atoms with Gasteiger partial charge < -0.3 is 4.90 Å². The molecule has 0 aromatic heterocycles. The predicted molar refractivity (Wildman–Crippen MR) is 434 cm³/mol. The van der Waals surface area contributed by atoms with Crippen LogP contribution in [0.25, 0.3) is 108 Å². The van der Waals surface area contributed by atoms with Crippen molar-refractivity contribution in [3.63, 3.8) is 0 Å². The second-order valence-corrected chi connectivity index (χ2v) is 29.7. The molecule has 0 bridgehead atoms. The van der Waals surface area contributed by atoms with E-state index in [-0.39, 0.29) is 10.8 Å². The van der Waals surface area contributed by atoms with Gasteiger partial charge in [0.25, 0.3) is 0 Å². The minimum atomic E-state index is -0.230. The van der Waals surface area contributed by atoms with Crippen LogP contribution in [0.1, 0.15) is 106 Å². The van der Waals surface area contributed by atoms with E-state index in [0.717, 1.165) is 10.9 Å². The first-order chi connectivity index (χ1) is 47.9. The van der Waals surface area contributed by atoms with Gasteiger partial charge in [-0.3, -0.25) is 0 Å². The minimum Gasteiger partial charge on any atom is -0.310 e. The maximum absolute atomic E-state index is 4.00. The molecular formula is C97H82BrN. The van der Waals surface area contributed by atoms with E-state index >= 15 is 0 Å². The molecule has 0 saturated heterocycles. The van der Waals surface area contributed by atoms with Gasteiger partial charge in [-0.15, -0.1) is 12.8 Å². The van der Waals surface area contributed by atoms with Crippen molar-refractivity contribution in [3.05, 3.63) is 337 Å². The molecule has 0 fully saturated rings. The molecule has 0 aliphatic heterocycles. The van der Waals surface area contributed by atoms with Crippen LogP contribution in [0, 0.1) is 68.2 Å². The van der Waals surface area contributed by atoms with Crippen LogP contribution < -0.4 is 4.90 Å². The molecule has 1 nitrogen and oxygen atoms in total. The largest absolute Gasteiger partial charge is 0.310 e. The maximum atomic E-state index is 4.00. The van der Waals surface area contributed by atoms with Gasteiger partial charge in [-0.05, 0) is 297 Å². The van der Waals surface area contributed by atoms with Crippen molar-refractivity contribution < 1.29 is 0 Å². The van der Waals surface area contributed by atoms with Gasteiger partial charge in [-0.1, -0.05) is 250 Å². The fourth-order valence-corrected chi connectivity index (χ4v) is 17.1. The minimum absolute atomic E-state index is 0.0953. The Morgan fingerprint density at radius 1 is 0.283 bits per heavy atom. The van der Waals surface area contributed by atoms with Crippen molar-refractivity contribution >= 4 is 119 Å². The first-order valence-electron chi connectivity index (χ1n) is 34.8. The zero-order chi connectivity index (χ0) is 68.9. The van der Waals surface area contributed by atoms with Crippen molar-refractivity contribution in [2.75, 3.05) is 4.90 Å². The number of anilines is 3. The Balaban J connectivity index is 0.000000134. The molecular weight excluding hydrogens is 1260 g/mol. The summed E-state index contributed by atoms with van der Waals surface area (Å²) in [5.41, 5.74) is 27.9. The van der Waals surface area contributed by atoms with Crippen LogP contribution >= 0.6 is 15.9 Å². The van der Waals surface area contributed by atoms with Crippen LogP contribution in [0.5, 0.6) is 0 Å². The monoisotopic (exact) mass is 1340 g/mol. The van der Waals surface area contributed by atoms with Crippen LogP contribution in [-0.2, 0) is 17.3 Å². The summed E-state index contributed by atoms with van der Waals surface area (Å²) in [6, 6.07) is 95.1. The summed E-state index contributed by atoms with van der Waals surface area (Å²) < 4.78 is 1.14. The smallest absolute Gasteiger partial charge is 0.0465 e. The van der Waals surface area contributed by atoms with Crippen LogP contribution in [0.15, 0.2) is 259 Å². The third kappa shape index (κ3) is 10.6. The highest BCUT2D eigenvalue weighted by atomic mass is 79.9. The van der Waals surface area contributed by atoms with E-state index in [2.05, 4.69) is 372 Å².